The molecule has 120 valence electrons. The maximum atomic E-state index is 10.9. The van der Waals surface area contributed by atoms with E-state index in [2.05, 4.69) is 10.1 Å². The summed E-state index contributed by atoms with van der Waals surface area (Å²) in [4.78, 5) is 10.9. The molecule has 1 amide bonds. The number of hydrogen-bond acceptors (Lipinski definition) is 5. The topological polar surface area (TPSA) is 66.0 Å². The predicted octanol–water partition coefficient (Wildman–Crippen LogP) is 2.56. The zero-order valence-electron chi connectivity index (χ0n) is 13.2. The highest BCUT2D eigenvalue weighted by atomic mass is 28.4. The Morgan fingerprint density at radius 3 is 1.95 bits per heavy atom. The molecule has 0 aromatic carbocycles. The molecule has 0 aromatic rings. The molecule has 0 aromatic heterocycles. The van der Waals surface area contributed by atoms with Gasteiger partial charge in [-0.25, -0.2) is 4.79 Å². The van der Waals surface area contributed by atoms with E-state index < -0.39 is 8.80 Å². The summed E-state index contributed by atoms with van der Waals surface area (Å²) in [6.07, 6.45) is 2.48. The van der Waals surface area contributed by atoms with E-state index in [0.29, 0.717) is 26.4 Å². The maximum absolute atomic E-state index is 10.9. The van der Waals surface area contributed by atoms with Crippen molar-refractivity contribution in [1.82, 2.24) is 5.32 Å². The smallest absolute Gasteiger partial charge is 0.453 e. The van der Waals surface area contributed by atoms with Crippen LogP contribution in [0.5, 0.6) is 0 Å². The van der Waals surface area contributed by atoms with Crippen LogP contribution in [0.15, 0.2) is 0 Å². The van der Waals surface area contributed by atoms with Crippen LogP contribution in [0.4, 0.5) is 4.79 Å². The van der Waals surface area contributed by atoms with Gasteiger partial charge in [0.05, 0.1) is 7.11 Å². The number of ether oxygens (including phenoxy) is 1. The van der Waals surface area contributed by atoms with E-state index in [0.717, 1.165) is 25.3 Å². The number of hydrogen-bond donors (Lipinski definition) is 1. The van der Waals surface area contributed by atoms with Gasteiger partial charge in [-0.1, -0.05) is 6.42 Å². The van der Waals surface area contributed by atoms with Crippen molar-refractivity contribution in [2.75, 3.05) is 33.5 Å². The van der Waals surface area contributed by atoms with Crippen LogP contribution in [0.25, 0.3) is 0 Å². The third-order valence-corrected chi connectivity index (χ3v) is 5.86. The summed E-state index contributed by atoms with van der Waals surface area (Å²) in [5.41, 5.74) is 0. The molecular formula is C13H29NO5Si. The minimum absolute atomic E-state index is 0.383. The van der Waals surface area contributed by atoms with Gasteiger partial charge in [0.2, 0.25) is 0 Å². The lowest BCUT2D eigenvalue weighted by Gasteiger charge is -2.28. The molecule has 20 heavy (non-hydrogen) atoms. The number of unbranched alkanes of at least 4 members (excludes halogenated alkanes) is 2. The predicted molar refractivity (Wildman–Crippen MR) is 79.7 cm³/mol. The van der Waals surface area contributed by atoms with E-state index in [4.69, 9.17) is 13.3 Å². The van der Waals surface area contributed by atoms with Gasteiger partial charge in [0.25, 0.3) is 0 Å². The van der Waals surface area contributed by atoms with Crippen molar-refractivity contribution >= 4 is 14.9 Å². The highest BCUT2D eigenvalue weighted by Gasteiger charge is 2.39. The molecule has 0 rings (SSSR count). The fraction of sp³-hybridized carbons (Fsp3) is 0.923. The van der Waals surface area contributed by atoms with Crippen LogP contribution in [0.1, 0.15) is 40.0 Å². The van der Waals surface area contributed by atoms with Gasteiger partial charge in [-0.15, -0.1) is 0 Å². The molecule has 1 N–H and O–H groups in total. The highest BCUT2D eigenvalue weighted by molar-refractivity contribution is 6.60. The lowest BCUT2D eigenvalue weighted by atomic mass is 10.2. The summed E-state index contributed by atoms with van der Waals surface area (Å²) in [6, 6.07) is 0.820. The Hall–Kier alpha value is -0.633. The normalized spacial score (nSPS) is 11.4. The molecule has 0 spiro atoms. The minimum atomic E-state index is -2.50. The zero-order valence-corrected chi connectivity index (χ0v) is 14.2. The fourth-order valence-electron chi connectivity index (χ4n) is 1.91. The van der Waals surface area contributed by atoms with Gasteiger partial charge in [0.1, 0.15) is 0 Å². The van der Waals surface area contributed by atoms with E-state index in [1.165, 1.54) is 7.11 Å². The summed E-state index contributed by atoms with van der Waals surface area (Å²) in [5.74, 6) is 0. The molecule has 6 nitrogen and oxygen atoms in total. The molecule has 0 fully saturated rings. The minimum Gasteiger partial charge on any atom is -0.453 e. The van der Waals surface area contributed by atoms with Gasteiger partial charge < -0.3 is 23.3 Å². The van der Waals surface area contributed by atoms with E-state index in [9.17, 15) is 4.79 Å². The SMILES string of the molecule is CCO[Si](CCCCCNC(=O)OC)(OCC)OCC. The van der Waals surface area contributed by atoms with E-state index in [-0.39, 0.29) is 6.09 Å². The number of alkyl carbamates (subject to hydrolysis) is 1. The van der Waals surface area contributed by atoms with E-state index in [1.54, 1.807) is 0 Å². The Morgan fingerprint density at radius 1 is 0.950 bits per heavy atom. The average Bonchev–Trinajstić information content (AvgIpc) is 2.43. The van der Waals surface area contributed by atoms with Crippen LogP contribution in [0, 0.1) is 0 Å². The van der Waals surface area contributed by atoms with Crippen molar-refractivity contribution in [3.8, 4) is 0 Å². The lowest BCUT2D eigenvalue weighted by molar-refractivity contribution is 0.0706. The van der Waals surface area contributed by atoms with Gasteiger partial charge in [0, 0.05) is 32.4 Å². The van der Waals surface area contributed by atoms with Crippen LogP contribution in [0.3, 0.4) is 0 Å². The molecule has 0 aliphatic carbocycles. The molecule has 0 aliphatic rings. The fourth-order valence-corrected chi connectivity index (χ4v) is 4.59. The van der Waals surface area contributed by atoms with Crippen LogP contribution in [-0.2, 0) is 18.0 Å². The average molecular weight is 307 g/mol. The Morgan fingerprint density at radius 2 is 1.50 bits per heavy atom. The molecule has 0 radical (unpaired) electrons. The van der Waals surface area contributed by atoms with Crippen LogP contribution in [-0.4, -0.2) is 48.4 Å². The first-order valence-corrected chi connectivity index (χ1v) is 9.31. The summed E-state index contributed by atoms with van der Waals surface area (Å²) >= 11 is 0. The van der Waals surface area contributed by atoms with E-state index >= 15 is 0 Å². The molecular weight excluding hydrogens is 278 g/mol. The molecule has 0 saturated heterocycles. The molecule has 0 unspecified atom stereocenters. The first kappa shape index (κ1) is 19.4. The van der Waals surface area contributed by atoms with Crippen molar-refractivity contribution in [3.63, 3.8) is 0 Å². The number of carbonyl (C=O) groups is 1. The van der Waals surface area contributed by atoms with Crippen LogP contribution < -0.4 is 5.32 Å². The highest BCUT2D eigenvalue weighted by Crippen LogP contribution is 2.19. The number of methoxy groups -OCH3 is 1. The Bertz CT molecular complexity index is 236. The largest absolute Gasteiger partial charge is 0.500 e. The number of amides is 1. The van der Waals surface area contributed by atoms with Gasteiger partial charge in [0.15, 0.2) is 0 Å². The summed E-state index contributed by atoms with van der Waals surface area (Å²) in [7, 11) is -1.13. The summed E-state index contributed by atoms with van der Waals surface area (Å²) in [5, 5.41) is 2.66. The Labute approximate surface area is 123 Å². The molecule has 0 aliphatic heterocycles. The number of nitrogens with one attached hydrogen (secondary N) is 1. The Kier molecular flexibility index (Phi) is 11.7. The van der Waals surface area contributed by atoms with Crippen molar-refractivity contribution in [3.05, 3.63) is 0 Å². The van der Waals surface area contributed by atoms with E-state index in [1.807, 2.05) is 20.8 Å². The second-order valence-electron chi connectivity index (χ2n) is 4.21. The van der Waals surface area contributed by atoms with Crippen molar-refractivity contribution < 1.29 is 22.8 Å². The van der Waals surface area contributed by atoms with Gasteiger partial charge in [-0.3, -0.25) is 0 Å². The Balaban J connectivity index is 3.97. The molecule has 0 saturated carbocycles. The number of carbonyl (C=O) groups excluding carboxylic acids is 1. The molecule has 0 bridgehead atoms. The quantitative estimate of drug-likeness (QED) is 0.443. The van der Waals surface area contributed by atoms with Crippen molar-refractivity contribution in [2.45, 2.75) is 46.1 Å². The summed E-state index contributed by atoms with van der Waals surface area (Å²) in [6.45, 7) is 8.32. The molecule has 0 heterocycles. The van der Waals surface area contributed by atoms with Crippen molar-refractivity contribution in [1.29, 1.82) is 0 Å². The van der Waals surface area contributed by atoms with Gasteiger partial charge in [-0.2, -0.15) is 0 Å². The third kappa shape index (κ3) is 8.52. The lowest BCUT2D eigenvalue weighted by Crippen LogP contribution is -2.45. The maximum Gasteiger partial charge on any atom is 0.500 e. The van der Waals surface area contributed by atoms with Gasteiger partial charge >= 0.3 is 14.9 Å². The monoisotopic (exact) mass is 307 g/mol. The standard InChI is InChI=1S/C13H29NO5Si/c1-5-17-20(18-6-2,19-7-3)12-10-8-9-11-14-13(15)16-4/h5-12H2,1-4H3,(H,14,15). The zero-order chi connectivity index (χ0) is 15.3. The second-order valence-corrected chi connectivity index (χ2v) is 6.94. The van der Waals surface area contributed by atoms with Gasteiger partial charge in [-0.05, 0) is 33.6 Å². The third-order valence-electron chi connectivity index (χ3n) is 2.71. The van der Waals surface area contributed by atoms with Crippen LogP contribution in [0.2, 0.25) is 6.04 Å². The first-order valence-electron chi connectivity index (χ1n) is 7.37. The van der Waals surface area contributed by atoms with Crippen LogP contribution >= 0.6 is 0 Å². The first-order chi connectivity index (χ1) is 9.64. The molecule has 7 heteroatoms. The number of rotatable bonds is 12. The van der Waals surface area contributed by atoms with Crippen molar-refractivity contribution in [2.24, 2.45) is 0 Å². The summed E-state index contributed by atoms with van der Waals surface area (Å²) < 4.78 is 21.8. The molecule has 0 atom stereocenters. The second kappa shape index (κ2) is 12.1.